The van der Waals surface area contributed by atoms with E-state index in [0.717, 1.165) is 12.8 Å². The molecule has 2 nitrogen and oxygen atoms in total. The minimum atomic E-state index is -4.15. The highest BCUT2D eigenvalue weighted by molar-refractivity contribution is 4.87. The number of likely N-dealkylation sites (tertiary alicyclic amines) is 1. The molecule has 5 heteroatoms. The summed E-state index contributed by atoms with van der Waals surface area (Å²) in [5.41, 5.74) is 5.45. The Morgan fingerprint density at radius 1 is 1.33 bits per heavy atom. The van der Waals surface area contributed by atoms with Gasteiger partial charge in [-0.2, -0.15) is 13.2 Å². The first-order chi connectivity index (χ1) is 7.00. The Morgan fingerprint density at radius 2 is 2.00 bits per heavy atom. The first-order valence-corrected chi connectivity index (χ1v) is 5.51. The van der Waals surface area contributed by atoms with Crippen LogP contribution in [0.5, 0.6) is 0 Å². The van der Waals surface area contributed by atoms with E-state index >= 15 is 0 Å². The zero-order valence-electron chi connectivity index (χ0n) is 9.06. The molecule has 2 N–H and O–H groups in total. The zero-order valence-corrected chi connectivity index (χ0v) is 9.06. The molecule has 0 aromatic carbocycles. The minimum absolute atomic E-state index is 0.126. The largest absolute Gasteiger partial charge is 0.404 e. The van der Waals surface area contributed by atoms with Gasteiger partial charge in [0.05, 0.1) is 0 Å². The Bertz CT molecular complexity index is 180. The molecule has 1 heterocycles. The number of nitrogens with zero attached hydrogens (tertiary/aromatic N) is 1. The quantitative estimate of drug-likeness (QED) is 0.777. The van der Waals surface area contributed by atoms with Crippen molar-refractivity contribution in [3.05, 3.63) is 0 Å². The third-order valence-electron chi connectivity index (χ3n) is 3.15. The zero-order chi connectivity index (χ0) is 11.5. The first-order valence-electron chi connectivity index (χ1n) is 5.51. The molecule has 1 fully saturated rings. The molecule has 2 atom stereocenters. The van der Waals surface area contributed by atoms with Gasteiger partial charge < -0.3 is 5.73 Å². The number of rotatable bonds is 2. The summed E-state index contributed by atoms with van der Waals surface area (Å²) >= 11 is 0. The van der Waals surface area contributed by atoms with Gasteiger partial charge in [-0.25, -0.2) is 0 Å². The maximum atomic E-state index is 12.9. The Labute approximate surface area is 88.6 Å². The molecule has 1 aliphatic heterocycles. The smallest absolute Gasteiger partial charge is 0.330 e. The van der Waals surface area contributed by atoms with E-state index in [0.29, 0.717) is 19.5 Å². The SMILES string of the molecule is CCN1CCCC[C@H](CN)[C@H]1C(F)(F)F. The second-order valence-electron chi connectivity index (χ2n) is 4.11. The third-order valence-corrected chi connectivity index (χ3v) is 3.15. The Balaban J connectivity index is 2.85. The van der Waals surface area contributed by atoms with Crippen LogP contribution in [-0.2, 0) is 0 Å². The van der Waals surface area contributed by atoms with E-state index in [2.05, 4.69) is 0 Å². The molecule has 0 unspecified atom stereocenters. The van der Waals surface area contributed by atoms with Crippen LogP contribution < -0.4 is 5.73 Å². The Kier molecular flexibility index (Phi) is 4.40. The summed E-state index contributed by atoms with van der Waals surface area (Å²) in [4.78, 5) is 1.52. The van der Waals surface area contributed by atoms with Crippen LogP contribution in [-0.4, -0.2) is 36.8 Å². The lowest BCUT2D eigenvalue weighted by atomic mass is 9.94. The van der Waals surface area contributed by atoms with Crippen molar-refractivity contribution in [2.75, 3.05) is 19.6 Å². The Hall–Kier alpha value is -0.290. The summed E-state index contributed by atoms with van der Waals surface area (Å²) in [6.45, 7) is 2.89. The highest BCUT2D eigenvalue weighted by atomic mass is 19.4. The van der Waals surface area contributed by atoms with Crippen molar-refractivity contribution in [3.8, 4) is 0 Å². The molecule has 0 aliphatic carbocycles. The van der Waals surface area contributed by atoms with Gasteiger partial charge in [-0.05, 0) is 38.4 Å². The fraction of sp³-hybridized carbons (Fsp3) is 1.00. The van der Waals surface area contributed by atoms with Crippen molar-refractivity contribution in [1.82, 2.24) is 4.90 Å². The molecule has 1 saturated heterocycles. The summed E-state index contributed by atoms with van der Waals surface area (Å²) in [5, 5.41) is 0. The number of hydrogen-bond donors (Lipinski definition) is 1. The molecule has 90 valence electrons. The molecule has 0 radical (unpaired) electrons. The number of nitrogens with two attached hydrogens (primary N) is 1. The summed E-state index contributed by atoms with van der Waals surface area (Å²) in [5.74, 6) is -0.438. The molecule has 0 aromatic rings. The lowest BCUT2D eigenvalue weighted by Gasteiger charge is -2.35. The van der Waals surface area contributed by atoms with E-state index in [1.807, 2.05) is 0 Å². The highest BCUT2D eigenvalue weighted by Gasteiger charge is 2.47. The van der Waals surface area contributed by atoms with E-state index in [4.69, 9.17) is 5.73 Å². The molecule has 1 rings (SSSR count). The van der Waals surface area contributed by atoms with E-state index < -0.39 is 18.1 Å². The van der Waals surface area contributed by atoms with Crippen LogP contribution in [0.4, 0.5) is 13.2 Å². The van der Waals surface area contributed by atoms with Gasteiger partial charge in [0.15, 0.2) is 0 Å². The van der Waals surface area contributed by atoms with Gasteiger partial charge in [0.2, 0.25) is 0 Å². The number of alkyl halides is 3. The van der Waals surface area contributed by atoms with Gasteiger partial charge in [-0.1, -0.05) is 13.3 Å². The summed E-state index contributed by atoms with van der Waals surface area (Å²) in [6, 6.07) is -1.34. The molecule has 0 amide bonds. The van der Waals surface area contributed by atoms with Crippen LogP contribution in [0.25, 0.3) is 0 Å². The minimum Gasteiger partial charge on any atom is -0.330 e. The van der Waals surface area contributed by atoms with Crippen LogP contribution in [0, 0.1) is 5.92 Å². The number of hydrogen-bond acceptors (Lipinski definition) is 2. The second kappa shape index (κ2) is 5.16. The maximum absolute atomic E-state index is 12.9. The van der Waals surface area contributed by atoms with Crippen LogP contribution in [0.2, 0.25) is 0 Å². The van der Waals surface area contributed by atoms with Crippen LogP contribution in [0.3, 0.4) is 0 Å². The van der Waals surface area contributed by atoms with Gasteiger partial charge >= 0.3 is 6.18 Å². The Morgan fingerprint density at radius 3 is 2.47 bits per heavy atom. The lowest BCUT2D eigenvalue weighted by molar-refractivity contribution is -0.195. The van der Waals surface area contributed by atoms with Crippen molar-refractivity contribution in [2.24, 2.45) is 11.7 Å². The standard InChI is InChI=1S/C10H19F3N2/c1-2-15-6-4-3-5-8(7-14)9(15)10(11,12)13/h8-9H,2-7,14H2,1H3/t8-,9+/m1/s1. The second-order valence-corrected chi connectivity index (χ2v) is 4.11. The first kappa shape index (κ1) is 12.8. The van der Waals surface area contributed by atoms with Crippen LogP contribution in [0.1, 0.15) is 26.2 Å². The van der Waals surface area contributed by atoms with Gasteiger partial charge in [0.25, 0.3) is 0 Å². The lowest BCUT2D eigenvalue weighted by Crippen LogP contribution is -2.51. The topological polar surface area (TPSA) is 29.3 Å². The number of halogens is 3. The average Bonchev–Trinajstić information content (AvgIpc) is 2.37. The predicted molar refractivity (Wildman–Crippen MR) is 53.5 cm³/mol. The molecule has 0 aromatic heterocycles. The molecule has 0 saturated carbocycles. The van der Waals surface area contributed by atoms with Crippen molar-refractivity contribution in [1.29, 1.82) is 0 Å². The third kappa shape index (κ3) is 3.08. The summed E-state index contributed by atoms with van der Waals surface area (Å²) < 4.78 is 38.7. The van der Waals surface area contributed by atoms with Gasteiger partial charge in [0.1, 0.15) is 6.04 Å². The molecule has 0 bridgehead atoms. The predicted octanol–water partition coefficient (Wildman–Crippen LogP) is 2.00. The van der Waals surface area contributed by atoms with E-state index in [-0.39, 0.29) is 6.54 Å². The van der Waals surface area contributed by atoms with Gasteiger partial charge in [-0.3, -0.25) is 4.90 Å². The molecule has 15 heavy (non-hydrogen) atoms. The maximum Gasteiger partial charge on any atom is 0.404 e. The van der Waals surface area contributed by atoms with Crippen LogP contribution >= 0.6 is 0 Å². The average molecular weight is 224 g/mol. The molecule has 1 aliphatic rings. The molecule has 0 spiro atoms. The van der Waals surface area contributed by atoms with Crippen molar-refractivity contribution in [3.63, 3.8) is 0 Å². The highest BCUT2D eigenvalue weighted by Crippen LogP contribution is 2.34. The summed E-state index contributed by atoms with van der Waals surface area (Å²) in [6.07, 6.45) is -1.86. The molecular formula is C10H19F3N2. The molecular weight excluding hydrogens is 205 g/mol. The fourth-order valence-electron chi connectivity index (χ4n) is 2.39. The summed E-state index contributed by atoms with van der Waals surface area (Å²) in [7, 11) is 0. The van der Waals surface area contributed by atoms with Gasteiger partial charge in [0, 0.05) is 0 Å². The monoisotopic (exact) mass is 224 g/mol. The normalized spacial score (nSPS) is 30.2. The van der Waals surface area contributed by atoms with Crippen molar-refractivity contribution >= 4 is 0 Å². The van der Waals surface area contributed by atoms with Gasteiger partial charge in [-0.15, -0.1) is 0 Å². The van der Waals surface area contributed by atoms with E-state index in [1.165, 1.54) is 4.90 Å². The van der Waals surface area contributed by atoms with Crippen LogP contribution in [0.15, 0.2) is 0 Å². The van der Waals surface area contributed by atoms with Crippen molar-refractivity contribution in [2.45, 2.75) is 38.4 Å². The van der Waals surface area contributed by atoms with E-state index in [1.54, 1.807) is 6.92 Å². The fourth-order valence-corrected chi connectivity index (χ4v) is 2.39. The van der Waals surface area contributed by atoms with E-state index in [9.17, 15) is 13.2 Å². The van der Waals surface area contributed by atoms with Crippen molar-refractivity contribution < 1.29 is 13.2 Å².